The first kappa shape index (κ1) is 14.1. The van der Waals surface area contributed by atoms with Crippen LogP contribution in [0.5, 0.6) is 5.75 Å². The minimum absolute atomic E-state index is 0.153. The summed E-state index contributed by atoms with van der Waals surface area (Å²) in [6.45, 7) is 13.8. The van der Waals surface area contributed by atoms with E-state index >= 15 is 0 Å². The molecule has 1 aromatic rings. The van der Waals surface area contributed by atoms with Crippen molar-refractivity contribution in [2.24, 2.45) is 0 Å². The maximum Gasteiger partial charge on any atom is 0.171 e. The lowest BCUT2D eigenvalue weighted by Crippen LogP contribution is -2.49. The highest BCUT2D eigenvalue weighted by Crippen LogP contribution is 2.34. The zero-order chi connectivity index (χ0) is 13.9. The Hall–Kier alpha value is -1.29. The van der Waals surface area contributed by atoms with Crippen molar-refractivity contribution in [1.82, 2.24) is 9.88 Å². The molecule has 1 aliphatic rings. The van der Waals surface area contributed by atoms with E-state index in [9.17, 15) is 0 Å². The summed E-state index contributed by atoms with van der Waals surface area (Å²) in [5.41, 5.74) is -0.153. The van der Waals surface area contributed by atoms with Crippen molar-refractivity contribution in [1.29, 1.82) is 0 Å². The van der Waals surface area contributed by atoms with Gasteiger partial charge in [-0.3, -0.25) is 0 Å². The van der Waals surface area contributed by atoms with E-state index < -0.39 is 0 Å². The second-order valence-electron chi connectivity index (χ2n) is 5.64. The van der Waals surface area contributed by atoms with Crippen LogP contribution in [0.1, 0.15) is 27.7 Å². The normalized spacial score (nSPS) is 17.2. The van der Waals surface area contributed by atoms with E-state index in [1.165, 1.54) is 0 Å². The lowest BCUT2D eigenvalue weighted by molar-refractivity contribution is 0.103. The number of rotatable bonds is 5. The molecule has 0 atom stereocenters. The van der Waals surface area contributed by atoms with Crippen molar-refractivity contribution in [2.75, 3.05) is 37.6 Å². The van der Waals surface area contributed by atoms with Gasteiger partial charge in [0.05, 0.1) is 6.54 Å². The molecule has 1 aromatic heterocycles. The standard InChI is InChI=1S/C15H25N3O/c1-5-17(6-2)10-11-18-12-15(3,4)19-13-8-7-9-16-14(13)18/h7-9H,5-6,10-12H2,1-4H3. The molecule has 4 heteroatoms. The Morgan fingerprint density at radius 1 is 1.37 bits per heavy atom. The molecule has 0 aliphatic carbocycles. The maximum atomic E-state index is 5.99. The summed E-state index contributed by atoms with van der Waals surface area (Å²) in [6.07, 6.45) is 1.84. The van der Waals surface area contributed by atoms with Gasteiger partial charge in [-0.25, -0.2) is 4.98 Å². The largest absolute Gasteiger partial charge is 0.482 e. The molecule has 0 N–H and O–H groups in total. The van der Waals surface area contributed by atoms with Crippen LogP contribution in [0.15, 0.2) is 18.3 Å². The van der Waals surface area contributed by atoms with Crippen LogP contribution in [0.25, 0.3) is 0 Å². The lowest BCUT2D eigenvalue weighted by Gasteiger charge is -2.40. The van der Waals surface area contributed by atoms with E-state index in [4.69, 9.17) is 4.74 Å². The molecule has 0 spiro atoms. The molecule has 106 valence electrons. The lowest BCUT2D eigenvalue weighted by atomic mass is 10.1. The van der Waals surface area contributed by atoms with Gasteiger partial charge in [-0.1, -0.05) is 13.8 Å². The van der Waals surface area contributed by atoms with Gasteiger partial charge in [0, 0.05) is 19.3 Å². The molecule has 0 fully saturated rings. The first-order chi connectivity index (χ1) is 9.05. The fourth-order valence-corrected chi connectivity index (χ4v) is 2.55. The minimum Gasteiger partial charge on any atom is -0.482 e. The van der Waals surface area contributed by atoms with Crippen molar-refractivity contribution >= 4 is 5.82 Å². The van der Waals surface area contributed by atoms with Crippen molar-refractivity contribution in [3.63, 3.8) is 0 Å². The third-order valence-electron chi connectivity index (χ3n) is 3.59. The second kappa shape index (κ2) is 5.78. The van der Waals surface area contributed by atoms with Gasteiger partial charge < -0.3 is 14.5 Å². The van der Waals surface area contributed by atoms with E-state index in [0.717, 1.165) is 44.3 Å². The van der Waals surface area contributed by atoms with E-state index in [2.05, 4.69) is 42.5 Å². The van der Waals surface area contributed by atoms with E-state index in [-0.39, 0.29) is 5.60 Å². The number of hydrogen-bond acceptors (Lipinski definition) is 4. The van der Waals surface area contributed by atoms with Crippen molar-refractivity contribution in [2.45, 2.75) is 33.3 Å². The Labute approximate surface area is 116 Å². The molecule has 0 amide bonds. The van der Waals surface area contributed by atoms with Gasteiger partial charge in [-0.05, 0) is 39.1 Å². The Morgan fingerprint density at radius 2 is 2.11 bits per heavy atom. The first-order valence-electron chi connectivity index (χ1n) is 7.17. The molecule has 1 aliphatic heterocycles. The third kappa shape index (κ3) is 3.38. The highest BCUT2D eigenvalue weighted by molar-refractivity contribution is 5.54. The minimum atomic E-state index is -0.153. The van der Waals surface area contributed by atoms with Crippen LogP contribution in [0.2, 0.25) is 0 Å². The zero-order valence-electron chi connectivity index (χ0n) is 12.5. The molecule has 0 saturated carbocycles. The van der Waals surface area contributed by atoms with Gasteiger partial charge in [0.1, 0.15) is 5.60 Å². The van der Waals surface area contributed by atoms with Crippen LogP contribution in [0.3, 0.4) is 0 Å². The third-order valence-corrected chi connectivity index (χ3v) is 3.59. The highest BCUT2D eigenvalue weighted by atomic mass is 16.5. The second-order valence-corrected chi connectivity index (χ2v) is 5.64. The predicted molar refractivity (Wildman–Crippen MR) is 78.9 cm³/mol. The molecule has 19 heavy (non-hydrogen) atoms. The van der Waals surface area contributed by atoms with Gasteiger partial charge in [0.15, 0.2) is 11.6 Å². The quantitative estimate of drug-likeness (QED) is 0.815. The summed E-state index contributed by atoms with van der Waals surface area (Å²) in [5.74, 6) is 1.88. The highest BCUT2D eigenvalue weighted by Gasteiger charge is 2.32. The summed E-state index contributed by atoms with van der Waals surface area (Å²) in [5, 5.41) is 0. The maximum absolute atomic E-state index is 5.99. The summed E-state index contributed by atoms with van der Waals surface area (Å²) >= 11 is 0. The zero-order valence-corrected chi connectivity index (χ0v) is 12.5. The monoisotopic (exact) mass is 263 g/mol. The number of aromatic nitrogens is 1. The molecule has 0 radical (unpaired) electrons. The summed E-state index contributed by atoms with van der Waals surface area (Å²) < 4.78 is 5.99. The van der Waals surface area contributed by atoms with Gasteiger partial charge in [0.2, 0.25) is 0 Å². The number of fused-ring (bicyclic) bond motifs is 1. The summed E-state index contributed by atoms with van der Waals surface area (Å²) in [4.78, 5) is 9.26. The molecule has 2 rings (SSSR count). The average molecular weight is 263 g/mol. The van der Waals surface area contributed by atoms with Gasteiger partial charge in [-0.15, -0.1) is 0 Å². The van der Waals surface area contributed by atoms with E-state index in [1.807, 2.05) is 18.3 Å². The molecule has 4 nitrogen and oxygen atoms in total. The Balaban J connectivity index is 2.11. The van der Waals surface area contributed by atoms with Gasteiger partial charge in [0.25, 0.3) is 0 Å². The SMILES string of the molecule is CCN(CC)CCN1CC(C)(C)Oc2cccnc21. The molecule has 0 bridgehead atoms. The van der Waals surface area contributed by atoms with Crippen LogP contribution in [0.4, 0.5) is 5.82 Å². The number of likely N-dealkylation sites (N-methyl/N-ethyl adjacent to an activating group) is 1. The van der Waals surface area contributed by atoms with Crippen LogP contribution < -0.4 is 9.64 Å². The van der Waals surface area contributed by atoms with Crippen molar-refractivity contribution in [3.05, 3.63) is 18.3 Å². The van der Waals surface area contributed by atoms with Gasteiger partial charge >= 0.3 is 0 Å². The average Bonchev–Trinajstić information content (AvgIpc) is 2.38. The molecule has 0 aromatic carbocycles. The van der Waals surface area contributed by atoms with Crippen molar-refractivity contribution in [3.8, 4) is 5.75 Å². The molecule has 0 unspecified atom stereocenters. The smallest absolute Gasteiger partial charge is 0.171 e. The Bertz CT molecular complexity index is 416. The fraction of sp³-hybridized carbons (Fsp3) is 0.667. The molecular weight excluding hydrogens is 238 g/mol. The first-order valence-corrected chi connectivity index (χ1v) is 7.17. The Morgan fingerprint density at radius 3 is 2.79 bits per heavy atom. The van der Waals surface area contributed by atoms with Crippen LogP contribution in [-0.4, -0.2) is 48.2 Å². The summed E-state index contributed by atoms with van der Waals surface area (Å²) in [6, 6.07) is 3.94. The predicted octanol–water partition coefficient (Wildman–Crippen LogP) is 2.40. The number of anilines is 1. The van der Waals surface area contributed by atoms with Crippen LogP contribution >= 0.6 is 0 Å². The molecule has 0 saturated heterocycles. The fourth-order valence-electron chi connectivity index (χ4n) is 2.55. The molecule has 2 heterocycles. The number of ether oxygens (including phenoxy) is 1. The number of pyridine rings is 1. The van der Waals surface area contributed by atoms with E-state index in [0.29, 0.717) is 0 Å². The van der Waals surface area contributed by atoms with Crippen molar-refractivity contribution < 1.29 is 4.74 Å². The van der Waals surface area contributed by atoms with E-state index in [1.54, 1.807) is 0 Å². The van der Waals surface area contributed by atoms with Crippen LogP contribution in [-0.2, 0) is 0 Å². The summed E-state index contributed by atoms with van der Waals surface area (Å²) in [7, 11) is 0. The van der Waals surface area contributed by atoms with Gasteiger partial charge in [-0.2, -0.15) is 0 Å². The topological polar surface area (TPSA) is 28.6 Å². The Kier molecular flexibility index (Phi) is 4.30. The van der Waals surface area contributed by atoms with Crippen LogP contribution in [0, 0.1) is 0 Å². The number of nitrogens with zero attached hydrogens (tertiary/aromatic N) is 3. The molecular formula is C15H25N3O. The number of hydrogen-bond donors (Lipinski definition) is 0.